The molecule has 7 nitrogen and oxygen atoms in total. The Bertz CT molecular complexity index is 926. The van der Waals surface area contributed by atoms with E-state index in [-0.39, 0.29) is 42.3 Å². The minimum absolute atomic E-state index is 0.0357. The largest absolute Gasteiger partial charge is 0.369 e. The van der Waals surface area contributed by atoms with Gasteiger partial charge < -0.3 is 25.8 Å². The number of piperazine rings is 1. The molecule has 0 unspecified atom stereocenters. The van der Waals surface area contributed by atoms with Gasteiger partial charge in [0.2, 0.25) is 5.91 Å². The lowest BCUT2D eigenvalue weighted by molar-refractivity contribution is -0.121. The van der Waals surface area contributed by atoms with Crippen molar-refractivity contribution < 1.29 is 14.0 Å². The van der Waals surface area contributed by atoms with Crippen LogP contribution in [0.15, 0.2) is 18.2 Å². The molecule has 0 spiro atoms. The molecule has 1 aromatic carbocycles. The molecular formula is C28H42FN5O2. The fourth-order valence-corrected chi connectivity index (χ4v) is 7.69. The molecule has 1 saturated heterocycles. The van der Waals surface area contributed by atoms with Crippen LogP contribution < -0.4 is 20.9 Å². The Morgan fingerprint density at radius 3 is 2.31 bits per heavy atom. The first-order chi connectivity index (χ1) is 17.3. The third kappa shape index (κ3) is 5.63. The zero-order valence-electron chi connectivity index (χ0n) is 21.8. The van der Waals surface area contributed by atoms with Crippen molar-refractivity contribution in [3.8, 4) is 0 Å². The minimum atomic E-state index is -0.326. The number of hydrogen-bond donors (Lipinski definition) is 3. The number of likely N-dealkylation sites (N-methyl/N-ethyl adjacent to an activating group) is 1. The van der Waals surface area contributed by atoms with Crippen molar-refractivity contribution >= 4 is 17.6 Å². The zero-order valence-corrected chi connectivity index (χ0v) is 21.8. The molecule has 3 N–H and O–H groups in total. The molecule has 36 heavy (non-hydrogen) atoms. The van der Waals surface area contributed by atoms with Crippen LogP contribution in [0.4, 0.5) is 14.9 Å². The Hall–Kier alpha value is -2.35. The van der Waals surface area contributed by atoms with Crippen LogP contribution in [0.1, 0.15) is 70.4 Å². The van der Waals surface area contributed by atoms with E-state index < -0.39 is 0 Å². The Labute approximate surface area is 214 Å². The molecular weight excluding hydrogens is 457 g/mol. The Morgan fingerprint density at radius 1 is 1.06 bits per heavy atom. The fourth-order valence-electron chi connectivity index (χ4n) is 7.69. The number of nitrogens with zero attached hydrogens (tertiary/aromatic N) is 2. The third-order valence-electron chi connectivity index (χ3n) is 9.05. The summed E-state index contributed by atoms with van der Waals surface area (Å²) in [6.45, 7) is 9.10. The van der Waals surface area contributed by atoms with E-state index in [4.69, 9.17) is 0 Å². The van der Waals surface area contributed by atoms with Gasteiger partial charge in [-0.15, -0.1) is 0 Å². The van der Waals surface area contributed by atoms with Gasteiger partial charge in [-0.2, -0.15) is 0 Å². The lowest BCUT2D eigenvalue weighted by atomic mass is 9.53. The zero-order chi connectivity index (χ0) is 25.3. The Kier molecular flexibility index (Phi) is 7.42. The van der Waals surface area contributed by atoms with Crippen LogP contribution in [0.2, 0.25) is 0 Å². The number of amides is 3. The number of halogens is 1. The predicted molar refractivity (Wildman–Crippen MR) is 139 cm³/mol. The molecule has 4 aliphatic carbocycles. The summed E-state index contributed by atoms with van der Waals surface area (Å²) in [5, 5.41) is 9.20. The molecule has 1 atom stereocenters. The predicted octanol–water partition coefficient (Wildman–Crippen LogP) is 3.80. The Balaban J connectivity index is 1.10. The summed E-state index contributed by atoms with van der Waals surface area (Å²) in [6, 6.07) is 4.37. The van der Waals surface area contributed by atoms with E-state index >= 15 is 0 Å². The Morgan fingerprint density at radius 2 is 1.69 bits per heavy atom. The van der Waals surface area contributed by atoms with Crippen LogP contribution in [-0.2, 0) is 4.79 Å². The van der Waals surface area contributed by atoms with Crippen LogP contribution in [-0.4, -0.2) is 61.6 Å². The molecule has 3 amide bonds. The first-order valence-corrected chi connectivity index (χ1v) is 13.9. The SMILES string of the molecule is CCN1CCN(c2ccc(F)cc2[C@@H](C)NC(=O)CCNC(=O)NC23CC4CC(CC(C4)C2)C3)CC1. The summed E-state index contributed by atoms with van der Waals surface area (Å²) >= 11 is 0. The number of carbonyl (C=O) groups is 2. The number of nitrogens with one attached hydrogen (secondary N) is 3. The number of rotatable bonds is 8. The number of anilines is 1. The third-order valence-corrected chi connectivity index (χ3v) is 9.05. The van der Waals surface area contributed by atoms with Gasteiger partial charge in [0.25, 0.3) is 0 Å². The van der Waals surface area contributed by atoms with E-state index in [0.717, 1.165) is 81.0 Å². The second-order valence-corrected chi connectivity index (χ2v) is 11.7. The lowest BCUT2D eigenvalue weighted by Crippen LogP contribution is -2.61. The van der Waals surface area contributed by atoms with Crippen LogP contribution in [0.3, 0.4) is 0 Å². The first kappa shape index (κ1) is 25.3. The highest BCUT2D eigenvalue weighted by Gasteiger charge is 2.51. The minimum Gasteiger partial charge on any atom is -0.369 e. The smallest absolute Gasteiger partial charge is 0.315 e. The van der Waals surface area contributed by atoms with Gasteiger partial charge in [0.15, 0.2) is 0 Å². The monoisotopic (exact) mass is 499 g/mol. The average molecular weight is 500 g/mol. The summed E-state index contributed by atoms with van der Waals surface area (Å²) in [4.78, 5) is 30.0. The number of urea groups is 1. The summed E-state index contributed by atoms with van der Waals surface area (Å²) in [7, 11) is 0. The van der Waals surface area contributed by atoms with E-state index in [9.17, 15) is 14.0 Å². The maximum Gasteiger partial charge on any atom is 0.315 e. The highest BCUT2D eigenvalue weighted by atomic mass is 19.1. The van der Waals surface area contributed by atoms with E-state index in [2.05, 4.69) is 32.7 Å². The summed E-state index contributed by atoms with van der Waals surface area (Å²) in [5.41, 5.74) is 1.74. The van der Waals surface area contributed by atoms with Crippen LogP contribution in [0.5, 0.6) is 0 Å². The molecule has 6 rings (SSSR count). The molecule has 0 aromatic heterocycles. The van der Waals surface area contributed by atoms with Gasteiger partial charge in [0.05, 0.1) is 6.04 Å². The van der Waals surface area contributed by atoms with Gasteiger partial charge in [-0.1, -0.05) is 6.92 Å². The van der Waals surface area contributed by atoms with Crippen molar-refractivity contribution in [2.75, 3.05) is 44.2 Å². The standard InChI is InChI=1S/C28H42FN5O2/c1-3-33-8-10-34(11-9-33)25-5-4-23(29)15-24(25)19(2)31-26(35)6-7-30-27(36)32-28-16-20-12-21(17-28)14-22(13-20)18-28/h4-5,15,19-22H,3,6-14,16-18H2,1-2H3,(H,31,35)(H2,30,32,36)/t19-,20?,21?,22?,28?/m1/s1. The molecule has 0 radical (unpaired) electrons. The number of hydrogen-bond acceptors (Lipinski definition) is 4. The van der Waals surface area contributed by atoms with Gasteiger partial charge in [-0.25, -0.2) is 9.18 Å². The van der Waals surface area contributed by atoms with Gasteiger partial charge in [-0.05, 0) is 87.9 Å². The molecule has 8 heteroatoms. The molecule has 1 heterocycles. The van der Waals surface area contributed by atoms with Crippen molar-refractivity contribution in [1.82, 2.24) is 20.9 Å². The molecule has 4 saturated carbocycles. The quantitative estimate of drug-likeness (QED) is 0.509. The molecule has 5 fully saturated rings. The summed E-state index contributed by atoms with van der Waals surface area (Å²) in [6.07, 6.45) is 7.52. The van der Waals surface area contributed by atoms with Crippen molar-refractivity contribution in [2.45, 2.75) is 70.4 Å². The highest BCUT2D eigenvalue weighted by molar-refractivity contribution is 5.79. The van der Waals surface area contributed by atoms with E-state index in [1.807, 2.05) is 13.0 Å². The van der Waals surface area contributed by atoms with Crippen LogP contribution in [0, 0.1) is 23.6 Å². The highest BCUT2D eigenvalue weighted by Crippen LogP contribution is 2.55. The molecule has 198 valence electrons. The van der Waals surface area contributed by atoms with Gasteiger partial charge in [0.1, 0.15) is 5.82 Å². The molecule has 1 aliphatic heterocycles. The average Bonchev–Trinajstić information content (AvgIpc) is 2.83. The topological polar surface area (TPSA) is 76.7 Å². The van der Waals surface area contributed by atoms with E-state index in [1.165, 1.54) is 31.4 Å². The number of carbonyl (C=O) groups excluding carboxylic acids is 2. The maximum atomic E-state index is 14.1. The van der Waals surface area contributed by atoms with Crippen molar-refractivity contribution in [3.63, 3.8) is 0 Å². The van der Waals surface area contributed by atoms with E-state index in [1.54, 1.807) is 0 Å². The number of benzene rings is 1. The first-order valence-electron chi connectivity index (χ1n) is 13.9. The van der Waals surface area contributed by atoms with Crippen molar-refractivity contribution in [1.29, 1.82) is 0 Å². The molecule has 4 bridgehead atoms. The molecule has 1 aromatic rings. The van der Waals surface area contributed by atoms with Crippen molar-refractivity contribution in [2.24, 2.45) is 17.8 Å². The normalized spacial score (nSPS) is 30.2. The van der Waals surface area contributed by atoms with Gasteiger partial charge in [-0.3, -0.25) is 4.79 Å². The van der Waals surface area contributed by atoms with E-state index in [0.29, 0.717) is 0 Å². The van der Waals surface area contributed by atoms with Crippen molar-refractivity contribution in [3.05, 3.63) is 29.6 Å². The van der Waals surface area contributed by atoms with Crippen LogP contribution >= 0.6 is 0 Å². The summed E-state index contributed by atoms with van der Waals surface area (Å²) < 4.78 is 14.1. The second-order valence-electron chi connectivity index (χ2n) is 11.7. The second kappa shape index (κ2) is 10.6. The molecule has 5 aliphatic rings. The van der Waals surface area contributed by atoms with Gasteiger partial charge >= 0.3 is 6.03 Å². The fraction of sp³-hybridized carbons (Fsp3) is 0.714. The van der Waals surface area contributed by atoms with Gasteiger partial charge in [0, 0.05) is 55.9 Å². The maximum absolute atomic E-state index is 14.1. The van der Waals surface area contributed by atoms with Crippen LogP contribution in [0.25, 0.3) is 0 Å². The lowest BCUT2D eigenvalue weighted by Gasteiger charge is -2.56. The summed E-state index contributed by atoms with van der Waals surface area (Å²) in [5.74, 6) is 1.86.